The summed E-state index contributed by atoms with van der Waals surface area (Å²) in [6, 6.07) is -0.468. The molecular weight excluding hydrogens is 330 g/mol. The van der Waals surface area contributed by atoms with E-state index in [9.17, 15) is 14.4 Å². The third kappa shape index (κ3) is 5.29. The molecule has 2 saturated heterocycles. The number of rotatable bonds is 9. The van der Waals surface area contributed by atoms with Crippen molar-refractivity contribution >= 4 is 29.7 Å². The Bertz CT molecular complexity index is 486. The topological polar surface area (TPSA) is 108 Å². The van der Waals surface area contributed by atoms with E-state index in [0.29, 0.717) is 18.1 Å². The summed E-state index contributed by atoms with van der Waals surface area (Å²) in [7, 11) is 0. The Balaban J connectivity index is 1.64. The highest BCUT2D eigenvalue weighted by Gasteiger charge is 2.42. The van der Waals surface area contributed by atoms with Crippen LogP contribution >= 0.6 is 11.8 Å². The summed E-state index contributed by atoms with van der Waals surface area (Å²) in [5.74, 6) is -0.0240. The molecule has 0 spiro atoms. The van der Waals surface area contributed by atoms with Crippen molar-refractivity contribution in [1.29, 1.82) is 0 Å². The lowest BCUT2D eigenvalue weighted by atomic mass is 10.0. The normalized spacial score (nSPS) is 26.6. The minimum atomic E-state index is -0.977. The summed E-state index contributed by atoms with van der Waals surface area (Å²) in [4.78, 5) is 34.4. The Hall–Kier alpha value is -1.44. The summed E-state index contributed by atoms with van der Waals surface area (Å²) in [6.07, 6.45) is 3.37. The van der Waals surface area contributed by atoms with Crippen LogP contribution in [-0.4, -0.2) is 52.1 Å². The highest BCUT2D eigenvalue weighted by Crippen LogP contribution is 2.33. The van der Waals surface area contributed by atoms with Crippen LogP contribution in [0.25, 0.3) is 0 Å². The van der Waals surface area contributed by atoms with E-state index in [1.165, 1.54) is 0 Å². The molecule has 0 bridgehead atoms. The summed E-state index contributed by atoms with van der Waals surface area (Å²) in [5, 5.41) is 18.0. The fourth-order valence-electron chi connectivity index (χ4n) is 3.23. The number of thioether (sulfide) groups is 1. The molecule has 136 valence electrons. The van der Waals surface area contributed by atoms with Crippen LogP contribution < -0.4 is 16.0 Å². The van der Waals surface area contributed by atoms with E-state index in [0.717, 1.165) is 25.0 Å². The van der Waals surface area contributed by atoms with Gasteiger partial charge in [0, 0.05) is 17.4 Å². The maximum Gasteiger partial charge on any atom is 0.326 e. The smallest absolute Gasteiger partial charge is 0.326 e. The van der Waals surface area contributed by atoms with Crippen molar-refractivity contribution in [2.75, 3.05) is 5.75 Å². The van der Waals surface area contributed by atoms with Crippen molar-refractivity contribution in [1.82, 2.24) is 16.0 Å². The number of unbranched alkanes of at least 4 members (excludes halogenated alkanes) is 1. The van der Waals surface area contributed by atoms with Crippen molar-refractivity contribution in [3.63, 3.8) is 0 Å². The van der Waals surface area contributed by atoms with Gasteiger partial charge < -0.3 is 21.1 Å². The molecule has 0 aromatic rings. The van der Waals surface area contributed by atoms with Crippen LogP contribution in [0.15, 0.2) is 0 Å². The Labute approximate surface area is 146 Å². The largest absolute Gasteiger partial charge is 0.480 e. The lowest BCUT2D eigenvalue weighted by molar-refractivity contribution is -0.142. The van der Waals surface area contributed by atoms with Crippen molar-refractivity contribution in [2.24, 2.45) is 5.92 Å². The van der Waals surface area contributed by atoms with Gasteiger partial charge in [0.15, 0.2) is 0 Å². The summed E-state index contributed by atoms with van der Waals surface area (Å²) < 4.78 is 0. The van der Waals surface area contributed by atoms with E-state index in [4.69, 9.17) is 5.11 Å². The second-order valence-corrected chi connectivity index (χ2v) is 8.23. The minimum Gasteiger partial charge on any atom is -0.480 e. The van der Waals surface area contributed by atoms with Crippen molar-refractivity contribution in [2.45, 2.75) is 69.3 Å². The molecule has 0 aliphatic carbocycles. The first kappa shape index (κ1) is 18.9. The van der Waals surface area contributed by atoms with Gasteiger partial charge in [-0.25, -0.2) is 9.59 Å². The average molecular weight is 357 g/mol. The van der Waals surface area contributed by atoms with E-state index in [2.05, 4.69) is 16.0 Å². The van der Waals surface area contributed by atoms with Gasteiger partial charge in [0.1, 0.15) is 6.04 Å². The molecule has 0 radical (unpaired) electrons. The highest BCUT2D eigenvalue weighted by molar-refractivity contribution is 8.00. The van der Waals surface area contributed by atoms with Crippen LogP contribution in [-0.2, 0) is 9.59 Å². The van der Waals surface area contributed by atoms with Gasteiger partial charge in [0.2, 0.25) is 5.91 Å². The van der Waals surface area contributed by atoms with Gasteiger partial charge in [0.25, 0.3) is 0 Å². The fraction of sp³-hybridized carbons (Fsp3) is 0.812. The Morgan fingerprint density at radius 2 is 2.08 bits per heavy atom. The van der Waals surface area contributed by atoms with Crippen LogP contribution in [0.4, 0.5) is 4.79 Å². The van der Waals surface area contributed by atoms with Crippen LogP contribution in [0.2, 0.25) is 0 Å². The number of fused-ring (bicyclic) bond motifs is 1. The number of carboxylic acid groups (broad SMARTS) is 1. The van der Waals surface area contributed by atoms with Crippen LogP contribution in [0.5, 0.6) is 0 Å². The third-order valence-corrected chi connectivity index (χ3v) is 5.93. The number of hydrogen-bond acceptors (Lipinski definition) is 4. The number of amides is 3. The summed E-state index contributed by atoms with van der Waals surface area (Å²) in [6.45, 7) is 3.87. The van der Waals surface area contributed by atoms with E-state index in [1.54, 1.807) is 0 Å². The van der Waals surface area contributed by atoms with E-state index < -0.39 is 12.0 Å². The molecule has 0 aromatic heterocycles. The predicted molar refractivity (Wildman–Crippen MR) is 93.0 cm³/mol. The molecule has 4 atom stereocenters. The van der Waals surface area contributed by atoms with Gasteiger partial charge in [-0.3, -0.25) is 4.79 Å². The van der Waals surface area contributed by atoms with E-state index >= 15 is 0 Å². The maximum absolute atomic E-state index is 11.9. The molecule has 3 amide bonds. The quantitative estimate of drug-likeness (QED) is 0.368. The first-order valence-electron chi connectivity index (χ1n) is 8.57. The Morgan fingerprint density at radius 3 is 2.75 bits per heavy atom. The average Bonchev–Trinajstić information content (AvgIpc) is 3.02. The van der Waals surface area contributed by atoms with Crippen LogP contribution in [0.1, 0.15) is 46.0 Å². The lowest BCUT2D eigenvalue weighted by Gasteiger charge is -2.17. The molecule has 0 saturated carbocycles. The predicted octanol–water partition coefficient (Wildman–Crippen LogP) is 1.33. The van der Waals surface area contributed by atoms with E-state index in [1.807, 2.05) is 25.6 Å². The molecule has 2 heterocycles. The van der Waals surface area contributed by atoms with Gasteiger partial charge in [-0.15, -0.1) is 0 Å². The molecular formula is C16H27N3O4S. The first-order chi connectivity index (χ1) is 11.4. The second-order valence-electron chi connectivity index (χ2n) is 6.96. The molecule has 2 aliphatic heterocycles. The zero-order valence-electron chi connectivity index (χ0n) is 14.2. The number of hydrogen-bond donors (Lipinski definition) is 4. The number of nitrogens with one attached hydrogen (secondary N) is 3. The SMILES string of the molecule is CC(C)C[C@H](NC(=O)CCCCC1SCC2NC(=O)NC21)C(=O)O. The summed E-state index contributed by atoms with van der Waals surface area (Å²) >= 11 is 1.86. The number of carbonyl (C=O) groups is 3. The van der Waals surface area contributed by atoms with Gasteiger partial charge in [0.05, 0.1) is 12.1 Å². The number of carbonyl (C=O) groups excluding carboxylic acids is 2. The second kappa shape index (κ2) is 8.60. The standard InChI is InChI=1S/C16H27N3O4S/c1-9(2)7-10(15(21)22)17-13(20)6-4-3-5-12-14-11(8-24-12)18-16(23)19-14/h9-12,14H,3-8H2,1-2H3,(H,17,20)(H,21,22)(H2,18,19,23)/t10-,11?,12?,14?/m0/s1. The molecule has 2 fully saturated rings. The maximum atomic E-state index is 11.9. The molecule has 2 rings (SSSR count). The minimum absolute atomic E-state index is 0.0838. The Kier molecular flexibility index (Phi) is 6.77. The monoisotopic (exact) mass is 357 g/mol. The van der Waals surface area contributed by atoms with Crippen LogP contribution in [0.3, 0.4) is 0 Å². The zero-order chi connectivity index (χ0) is 17.7. The zero-order valence-corrected chi connectivity index (χ0v) is 15.0. The lowest BCUT2D eigenvalue weighted by Crippen LogP contribution is -2.41. The third-order valence-electron chi connectivity index (χ3n) is 4.42. The number of aliphatic carboxylic acids is 1. The molecule has 2 aliphatic rings. The van der Waals surface area contributed by atoms with E-state index in [-0.39, 0.29) is 29.9 Å². The van der Waals surface area contributed by atoms with Crippen molar-refractivity contribution in [3.8, 4) is 0 Å². The Morgan fingerprint density at radius 1 is 1.33 bits per heavy atom. The fourth-order valence-corrected chi connectivity index (χ4v) is 4.78. The van der Waals surface area contributed by atoms with Gasteiger partial charge in [-0.2, -0.15) is 11.8 Å². The molecule has 7 nitrogen and oxygen atoms in total. The summed E-state index contributed by atoms with van der Waals surface area (Å²) in [5.41, 5.74) is 0. The first-order valence-corrected chi connectivity index (χ1v) is 9.62. The van der Waals surface area contributed by atoms with Crippen molar-refractivity contribution < 1.29 is 19.5 Å². The molecule has 4 N–H and O–H groups in total. The van der Waals surface area contributed by atoms with Crippen LogP contribution in [0, 0.1) is 5.92 Å². The highest BCUT2D eigenvalue weighted by atomic mass is 32.2. The van der Waals surface area contributed by atoms with Gasteiger partial charge >= 0.3 is 12.0 Å². The molecule has 8 heteroatoms. The molecule has 24 heavy (non-hydrogen) atoms. The van der Waals surface area contributed by atoms with Gasteiger partial charge in [-0.05, 0) is 25.2 Å². The van der Waals surface area contributed by atoms with Gasteiger partial charge in [-0.1, -0.05) is 20.3 Å². The number of urea groups is 1. The molecule has 0 aromatic carbocycles. The number of carboxylic acids is 1. The molecule has 3 unspecified atom stereocenters. The van der Waals surface area contributed by atoms with Crippen molar-refractivity contribution in [3.05, 3.63) is 0 Å².